The third kappa shape index (κ3) is 7.38. The van der Waals surface area contributed by atoms with E-state index in [2.05, 4.69) is 18.7 Å². The topological polar surface area (TPSA) is 110 Å². The molecule has 3 aromatic rings. The molecule has 4 rings (SSSR count). The van der Waals surface area contributed by atoms with Crippen LogP contribution in [0.2, 0.25) is 0 Å². The lowest BCUT2D eigenvalue weighted by molar-refractivity contribution is 0.0602. The summed E-state index contributed by atoms with van der Waals surface area (Å²) in [5.41, 5.74) is 5.84. The number of aromatic nitrogens is 2. The van der Waals surface area contributed by atoms with Crippen molar-refractivity contribution in [2.24, 2.45) is 0 Å². The van der Waals surface area contributed by atoms with Crippen molar-refractivity contribution in [2.75, 3.05) is 26.8 Å². The molecule has 0 radical (unpaired) electrons. The molecule has 0 bridgehead atoms. The molecule has 1 aliphatic rings. The summed E-state index contributed by atoms with van der Waals surface area (Å²) < 4.78 is 0. The number of aliphatic hydroxyl groups excluding tert-OH is 2. The Morgan fingerprint density at radius 2 is 1.87 bits per heavy atom. The van der Waals surface area contributed by atoms with Crippen LogP contribution < -0.4 is 0 Å². The number of carbonyl (C=O) groups excluding carboxylic acids is 1. The fourth-order valence-corrected chi connectivity index (χ4v) is 4.86. The number of hydrogen-bond acceptors (Lipinski definition) is 6. The Balaban J connectivity index is 0.00000205. The van der Waals surface area contributed by atoms with Crippen molar-refractivity contribution < 1.29 is 15.0 Å². The molecule has 0 aliphatic carbocycles. The SMILES string of the molecule is C=CCC(/C=C\C)c1nc2ccc(C(=O)N3CC(c4ccc(C#N)cc4)C3)cc2nc1CCCCCO.CO. The van der Waals surface area contributed by atoms with Crippen molar-refractivity contribution in [3.63, 3.8) is 0 Å². The van der Waals surface area contributed by atoms with Gasteiger partial charge in [0.2, 0.25) is 0 Å². The number of fused-ring (bicyclic) bond motifs is 1. The molecule has 7 nitrogen and oxygen atoms in total. The largest absolute Gasteiger partial charge is 0.400 e. The Hall–Kier alpha value is -3.86. The smallest absolute Gasteiger partial charge is 0.253 e. The fourth-order valence-electron chi connectivity index (χ4n) is 4.86. The van der Waals surface area contributed by atoms with Crippen LogP contribution in [0.3, 0.4) is 0 Å². The summed E-state index contributed by atoms with van der Waals surface area (Å²) >= 11 is 0. The summed E-state index contributed by atoms with van der Waals surface area (Å²) in [5.74, 6) is 0.396. The predicted octanol–water partition coefficient (Wildman–Crippen LogP) is 5.29. The maximum absolute atomic E-state index is 13.2. The van der Waals surface area contributed by atoms with Crippen LogP contribution in [0.25, 0.3) is 11.0 Å². The van der Waals surface area contributed by atoms with Gasteiger partial charge in [0.15, 0.2) is 0 Å². The van der Waals surface area contributed by atoms with E-state index in [1.807, 2.05) is 66.4 Å². The van der Waals surface area contributed by atoms with Crippen molar-refractivity contribution in [2.45, 2.75) is 50.9 Å². The van der Waals surface area contributed by atoms with Gasteiger partial charge in [-0.2, -0.15) is 5.26 Å². The number of nitriles is 1. The van der Waals surface area contributed by atoms with Gasteiger partial charge < -0.3 is 15.1 Å². The van der Waals surface area contributed by atoms with Crippen LogP contribution in [0.5, 0.6) is 0 Å². The number of hydrogen-bond donors (Lipinski definition) is 2. The minimum Gasteiger partial charge on any atom is -0.400 e. The molecule has 0 spiro atoms. The average molecular weight is 527 g/mol. The van der Waals surface area contributed by atoms with Gasteiger partial charge in [-0.1, -0.05) is 36.8 Å². The molecule has 0 saturated carbocycles. The van der Waals surface area contributed by atoms with Gasteiger partial charge >= 0.3 is 0 Å². The van der Waals surface area contributed by atoms with Gasteiger partial charge in [0.25, 0.3) is 5.91 Å². The number of amides is 1. The number of carbonyl (C=O) groups is 1. The summed E-state index contributed by atoms with van der Waals surface area (Å²) in [4.78, 5) is 25.1. The number of unbranched alkanes of at least 4 members (excludes halogenated alkanes) is 2. The lowest BCUT2D eigenvalue weighted by atomic mass is 9.90. The molecule has 7 heteroatoms. The number of likely N-dealkylation sites (tertiary alicyclic amines) is 1. The molecular weight excluding hydrogens is 488 g/mol. The molecule has 1 aromatic heterocycles. The number of rotatable bonds is 11. The van der Waals surface area contributed by atoms with Crippen LogP contribution in [0.4, 0.5) is 0 Å². The van der Waals surface area contributed by atoms with Gasteiger partial charge in [0, 0.05) is 44.2 Å². The van der Waals surface area contributed by atoms with E-state index in [1.54, 1.807) is 0 Å². The molecule has 1 amide bonds. The van der Waals surface area contributed by atoms with Gasteiger partial charge in [-0.25, -0.2) is 9.97 Å². The van der Waals surface area contributed by atoms with E-state index < -0.39 is 0 Å². The molecule has 1 unspecified atom stereocenters. The molecule has 2 heterocycles. The maximum Gasteiger partial charge on any atom is 0.253 e. The summed E-state index contributed by atoms with van der Waals surface area (Å²) in [6.45, 7) is 7.44. The molecule has 39 heavy (non-hydrogen) atoms. The highest BCUT2D eigenvalue weighted by Crippen LogP contribution is 2.30. The lowest BCUT2D eigenvalue weighted by Crippen LogP contribution is -2.48. The van der Waals surface area contributed by atoms with E-state index in [0.717, 1.165) is 67.2 Å². The molecule has 2 aromatic carbocycles. The highest BCUT2D eigenvalue weighted by Gasteiger charge is 2.32. The van der Waals surface area contributed by atoms with Crippen LogP contribution in [0.15, 0.2) is 67.3 Å². The molecule has 1 aliphatic heterocycles. The van der Waals surface area contributed by atoms with Crippen LogP contribution in [0.1, 0.15) is 77.3 Å². The van der Waals surface area contributed by atoms with E-state index in [9.17, 15) is 4.79 Å². The van der Waals surface area contributed by atoms with Crippen LogP contribution in [-0.4, -0.2) is 57.8 Å². The lowest BCUT2D eigenvalue weighted by Gasteiger charge is -2.39. The summed E-state index contributed by atoms with van der Waals surface area (Å²) in [6, 6.07) is 15.3. The first-order valence-electron chi connectivity index (χ1n) is 13.5. The van der Waals surface area contributed by atoms with Crippen molar-refractivity contribution in [1.82, 2.24) is 14.9 Å². The molecule has 204 valence electrons. The first-order chi connectivity index (χ1) is 19.1. The third-order valence-corrected chi connectivity index (χ3v) is 6.96. The molecule has 1 atom stereocenters. The third-order valence-electron chi connectivity index (χ3n) is 6.96. The molecule has 1 saturated heterocycles. The van der Waals surface area contributed by atoms with Gasteiger partial charge in [0.05, 0.1) is 34.1 Å². The van der Waals surface area contributed by atoms with E-state index in [4.69, 9.17) is 25.4 Å². The monoisotopic (exact) mass is 526 g/mol. The normalized spacial score (nSPS) is 13.9. The molecule has 1 fully saturated rings. The van der Waals surface area contributed by atoms with Gasteiger partial charge in [-0.3, -0.25) is 4.79 Å². The molecular formula is C32H38N4O3. The minimum atomic E-state index is 0.000572. The van der Waals surface area contributed by atoms with Crippen LogP contribution in [-0.2, 0) is 6.42 Å². The Morgan fingerprint density at radius 3 is 2.51 bits per heavy atom. The second kappa shape index (κ2) is 14.9. The van der Waals surface area contributed by atoms with Gasteiger partial charge in [-0.15, -0.1) is 6.58 Å². The maximum atomic E-state index is 13.2. The quantitative estimate of drug-likeness (QED) is 0.259. The average Bonchev–Trinajstić information content (AvgIpc) is 2.95. The number of allylic oxidation sites excluding steroid dienone is 3. The first-order valence-corrected chi connectivity index (χ1v) is 13.5. The van der Waals surface area contributed by atoms with Crippen LogP contribution >= 0.6 is 0 Å². The first kappa shape index (κ1) is 29.7. The standard InChI is InChI=1S/C31H34N4O2.CH4O/c1-3-8-24(9-4-2)30-28(10-6-5-7-17-36)33-29-18-25(15-16-27(29)34-30)31(37)35-20-26(21-35)23-13-11-22(19-32)12-14-23;1-2/h3-4,9,11-16,18,24,26,36H,1,5-8,10,17,20-21H2,2H3;2H,1H3/b9-4-;. The Morgan fingerprint density at radius 1 is 1.13 bits per heavy atom. The van der Waals surface area contributed by atoms with Crippen molar-refractivity contribution in [3.8, 4) is 6.07 Å². The Kier molecular flexibility index (Phi) is 11.4. The minimum absolute atomic E-state index is 0.000572. The van der Waals surface area contributed by atoms with E-state index in [1.165, 1.54) is 0 Å². The summed E-state index contributed by atoms with van der Waals surface area (Å²) in [6.07, 6.45) is 10.3. The number of benzene rings is 2. The van der Waals surface area contributed by atoms with E-state index in [-0.39, 0.29) is 18.4 Å². The number of aliphatic hydroxyl groups is 2. The fraction of sp³-hybridized carbons (Fsp3) is 0.375. The van der Waals surface area contributed by atoms with Gasteiger partial charge in [-0.05, 0) is 68.5 Å². The van der Waals surface area contributed by atoms with Crippen molar-refractivity contribution in [1.29, 1.82) is 5.26 Å². The van der Waals surface area contributed by atoms with E-state index in [0.29, 0.717) is 30.1 Å². The molecule has 2 N–H and O–H groups in total. The number of nitrogens with zero attached hydrogens (tertiary/aromatic N) is 4. The highest BCUT2D eigenvalue weighted by atomic mass is 16.3. The zero-order valence-electron chi connectivity index (χ0n) is 22.9. The van der Waals surface area contributed by atoms with Crippen LogP contribution in [0, 0.1) is 11.3 Å². The summed E-state index contributed by atoms with van der Waals surface area (Å²) in [7, 11) is 1.00. The Labute approximate surface area is 231 Å². The van der Waals surface area contributed by atoms with E-state index >= 15 is 0 Å². The van der Waals surface area contributed by atoms with Gasteiger partial charge in [0.1, 0.15) is 0 Å². The Bertz CT molecular complexity index is 1320. The second-order valence-electron chi connectivity index (χ2n) is 9.59. The highest BCUT2D eigenvalue weighted by molar-refractivity contribution is 5.97. The zero-order valence-corrected chi connectivity index (χ0v) is 22.9. The summed E-state index contributed by atoms with van der Waals surface area (Å²) in [5, 5.41) is 25.1. The predicted molar refractivity (Wildman–Crippen MR) is 154 cm³/mol. The van der Waals surface area contributed by atoms with Crippen molar-refractivity contribution in [3.05, 3.63) is 95.3 Å². The number of aryl methyl sites for hydroxylation is 1. The zero-order chi connectivity index (χ0) is 28.2. The van der Waals surface area contributed by atoms with Crippen molar-refractivity contribution >= 4 is 16.9 Å². The second-order valence-corrected chi connectivity index (χ2v) is 9.59.